The monoisotopic (exact) mass is 332 g/mol. The molecule has 0 amide bonds. The lowest BCUT2D eigenvalue weighted by Gasteiger charge is -2.06. The standard InChI is InChI=1S/C22H20O3/c1-2-5-16-8-10-18(11-9-16)21(23)15-25-22(24)20-13-12-17-6-3-4-7-19(17)14-20/h3-4,6-14H,2,5,15H2,1H3. The third kappa shape index (κ3) is 4.13. The first-order valence-corrected chi connectivity index (χ1v) is 8.45. The van der Waals surface area contributed by atoms with Crippen LogP contribution in [0.2, 0.25) is 0 Å². The van der Waals surface area contributed by atoms with Crippen molar-refractivity contribution in [3.63, 3.8) is 0 Å². The van der Waals surface area contributed by atoms with Crippen LogP contribution in [-0.4, -0.2) is 18.4 Å². The Bertz CT molecular complexity index is 895. The zero-order valence-electron chi connectivity index (χ0n) is 14.2. The van der Waals surface area contributed by atoms with Crippen molar-refractivity contribution in [3.8, 4) is 0 Å². The number of ketones is 1. The molecule has 0 saturated heterocycles. The second kappa shape index (κ2) is 7.75. The zero-order chi connectivity index (χ0) is 17.6. The lowest BCUT2D eigenvalue weighted by molar-refractivity contribution is 0.0475. The van der Waals surface area contributed by atoms with Crippen LogP contribution in [0.3, 0.4) is 0 Å². The summed E-state index contributed by atoms with van der Waals surface area (Å²) in [6, 6.07) is 20.6. The highest BCUT2D eigenvalue weighted by Gasteiger charge is 2.12. The lowest BCUT2D eigenvalue weighted by atomic mass is 10.1. The van der Waals surface area contributed by atoms with Gasteiger partial charge in [0.1, 0.15) is 0 Å². The largest absolute Gasteiger partial charge is 0.454 e. The first-order valence-electron chi connectivity index (χ1n) is 8.45. The molecule has 0 fully saturated rings. The number of rotatable bonds is 6. The molecule has 126 valence electrons. The minimum atomic E-state index is -0.485. The molecule has 3 nitrogen and oxygen atoms in total. The van der Waals surface area contributed by atoms with Gasteiger partial charge in [-0.1, -0.05) is 67.9 Å². The van der Waals surface area contributed by atoms with Crippen molar-refractivity contribution in [2.24, 2.45) is 0 Å². The molecule has 0 aliphatic heterocycles. The predicted octanol–water partition coefficient (Wildman–Crippen LogP) is 4.83. The summed E-state index contributed by atoms with van der Waals surface area (Å²) >= 11 is 0. The Kier molecular flexibility index (Phi) is 5.24. The summed E-state index contributed by atoms with van der Waals surface area (Å²) in [5, 5.41) is 2.03. The van der Waals surface area contributed by atoms with E-state index in [4.69, 9.17) is 4.74 Å². The van der Waals surface area contributed by atoms with E-state index < -0.39 is 5.97 Å². The van der Waals surface area contributed by atoms with E-state index in [1.54, 1.807) is 24.3 Å². The number of ether oxygens (including phenoxy) is 1. The van der Waals surface area contributed by atoms with Gasteiger partial charge in [-0.2, -0.15) is 0 Å². The van der Waals surface area contributed by atoms with Crippen LogP contribution >= 0.6 is 0 Å². The molecule has 0 aliphatic carbocycles. The molecular weight excluding hydrogens is 312 g/mol. The van der Waals surface area contributed by atoms with Gasteiger partial charge in [-0.15, -0.1) is 0 Å². The summed E-state index contributed by atoms with van der Waals surface area (Å²) in [4.78, 5) is 24.4. The van der Waals surface area contributed by atoms with Crippen LogP contribution in [0.4, 0.5) is 0 Å². The summed E-state index contributed by atoms with van der Waals surface area (Å²) in [5.74, 6) is -0.682. The fraction of sp³-hybridized carbons (Fsp3) is 0.182. The van der Waals surface area contributed by atoms with Crippen LogP contribution in [0, 0.1) is 0 Å². The van der Waals surface area contributed by atoms with Crippen LogP contribution in [0.15, 0.2) is 66.7 Å². The predicted molar refractivity (Wildman–Crippen MR) is 99.0 cm³/mol. The van der Waals surface area contributed by atoms with E-state index in [0.717, 1.165) is 23.6 Å². The normalized spacial score (nSPS) is 10.6. The number of carbonyl (C=O) groups is 2. The fourth-order valence-corrected chi connectivity index (χ4v) is 2.76. The van der Waals surface area contributed by atoms with Gasteiger partial charge in [0.15, 0.2) is 12.4 Å². The van der Waals surface area contributed by atoms with E-state index in [1.807, 2.05) is 42.5 Å². The van der Waals surface area contributed by atoms with Crippen molar-refractivity contribution in [1.82, 2.24) is 0 Å². The molecule has 0 bridgehead atoms. The molecule has 0 radical (unpaired) electrons. The Balaban J connectivity index is 1.63. The van der Waals surface area contributed by atoms with E-state index >= 15 is 0 Å². The number of esters is 1. The van der Waals surface area contributed by atoms with Crippen molar-refractivity contribution in [1.29, 1.82) is 0 Å². The van der Waals surface area contributed by atoms with Gasteiger partial charge in [0.25, 0.3) is 0 Å². The van der Waals surface area contributed by atoms with Gasteiger partial charge in [-0.25, -0.2) is 4.79 Å². The lowest BCUT2D eigenvalue weighted by Crippen LogP contribution is -2.14. The van der Waals surface area contributed by atoms with Crippen molar-refractivity contribution < 1.29 is 14.3 Å². The smallest absolute Gasteiger partial charge is 0.338 e. The molecule has 0 aromatic heterocycles. The van der Waals surface area contributed by atoms with Crippen LogP contribution < -0.4 is 0 Å². The third-order valence-corrected chi connectivity index (χ3v) is 4.13. The Morgan fingerprint density at radius 2 is 1.52 bits per heavy atom. The molecule has 0 heterocycles. The average Bonchev–Trinajstić information content (AvgIpc) is 2.66. The average molecular weight is 332 g/mol. The quantitative estimate of drug-likeness (QED) is 0.479. The summed E-state index contributed by atoms with van der Waals surface area (Å²) in [7, 11) is 0. The first-order chi connectivity index (χ1) is 12.2. The SMILES string of the molecule is CCCc1ccc(C(=O)COC(=O)c2ccc3ccccc3c2)cc1. The summed E-state index contributed by atoms with van der Waals surface area (Å²) in [6.07, 6.45) is 2.06. The van der Waals surface area contributed by atoms with Crippen LogP contribution in [0.25, 0.3) is 10.8 Å². The van der Waals surface area contributed by atoms with Gasteiger partial charge in [0, 0.05) is 5.56 Å². The molecule has 0 atom stereocenters. The zero-order valence-corrected chi connectivity index (χ0v) is 14.2. The molecule has 3 heteroatoms. The number of hydrogen-bond donors (Lipinski definition) is 0. The Morgan fingerprint density at radius 1 is 0.840 bits per heavy atom. The molecule has 0 spiro atoms. The van der Waals surface area contributed by atoms with Crippen molar-refractivity contribution in [3.05, 3.63) is 83.4 Å². The molecule has 3 rings (SSSR count). The highest BCUT2D eigenvalue weighted by atomic mass is 16.5. The maximum Gasteiger partial charge on any atom is 0.338 e. The summed E-state index contributed by atoms with van der Waals surface area (Å²) in [5.41, 5.74) is 2.21. The Labute approximate surface area is 147 Å². The van der Waals surface area contributed by atoms with Crippen molar-refractivity contribution >= 4 is 22.5 Å². The highest BCUT2D eigenvalue weighted by molar-refractivity contribution is 6.00. The molecule has 25 heavy (non-hydrogen) atoms. The van der Waals surface area contributed by atoms with E-state index in [1.165, 1.54) is 5.56 Å². The van der Waals surface area contributed by atoms with E-state index in [-0.39, 0.29) is 12.4 Å². The Hall–Kier alpha value is -2.94. The molecule has 0 N–H and O–H groups in total. The van der Waals surface area contributed by atoms with E-state index in [9.17, 15) is 9.59 Å². The summed E-state index contributed by atoms with van der Waals surface area (Å²) < 4.78 is 5.18. The number of Topliss-reactive ketones (excluding diaryl/α,β-unsaturated/α-hetero) is 1. The van der Waals surface area contributed by atoms with E-state index in [0.29, 0.717) is 11.1 Å². The van der Waals surface area contributed by atoms with Crippen LogP contribution in [-0.2, 0) is 11.2 Å². The van der Waals surface area contributed by atoms with Gasteiger partial charge in [-0.05, 0) is 34.9 Å². The molecule has 0 aliphatic rings. The second-order valence-corrected chi connectivity index (χ2v) is 6.01. The number of fused-ring (bicyclic) bond motifs is 1. The molecule has 3 aromatic rings. The number of hydrogen-bond acceptors (Lipinski definition) is 3. The fourth-order valence-electron chi connectivity index (χ4n) is 2.76. The van der Waals surface area contributed by atoms with Gasteiger partial charge in [-0.3, -0.25) is 4.79 Å². The Morgan fingerprint density at radius 3 is 2.24 bits per heavy atom. The number of carbonyl (C=O) groups excluding carboxylic acids is 2. The highest BCUT2D eigenvalue weighted by Crippen LogP contribution is 2.16. The molecular formula is C22H20O3. The number of benzene rings is 3. The molecule has 3 aromatic carbocycles. The van der Waals surface area contributed by atoms with Crippen LogP contribution in [0.5, 0.6) is 0 Å². The minimum absolute atomic E-state index is 0.197. The topological polar surface area (TPSA) is 43.4 Å². The minimum Gasteiger partial charge on any atom is -0.454 e. The third-order valence-electron chi connectivity index (χ3n) is 4.13. The summed E-state index contributed by atoms with van der Waals surface area (Å²) in [6.45, 7) is 1.87. The van der Waals surface area contributed by atoms with Crippen LogP contribution in [0.1, 0.15) is 39.6 Å². The van der Waals surface area contributed by atoms with E-state index in [2.05, 4.69) is 6.92 Å². The van der Waals surface area contributed by atoms with Gasteiger partial charge < -0.3 is 4.74 Å². The van der Waals surface area contributed by atoms with Gasteiger partial charge in [0.05, 0.1) is 5.56 Å². The van der Waals surface area contributed by atoms with Gasteiger partial charge in [0.2, 0.25) is 0 Å². The van der Waals surface area contributed by atoms with Crippen molar-refractivity contribution in [2.75, 3.05) is 6.61 Å². The molecule has 0 unspecified atom stereocenters. The number of aryl methyl sites for hydroxylation is 1. The molecule has 0 saturated carbocycles. The first kappa shape index (κ1) is 16.9. The second-order valence-electron chi connectivity index (χ2n) is 6.01. The maximum atomic E-state index is 12.2. The maximum absolute atomic E-state index is 12.2. The van der Waals surface area contributed by atoms with Crippen molar-refractivity contribution in [2.45, 2.75) is 19.8 Å². The van der Waals surface area contributed by atoms with Gasteiger partial charge >= 0.3 is 5.97 Å².